The number of hydrogen-bond donors (Lipinski definition) is 0. The lowest BCUT2D eigenvalue weighted by molar-refractivity contribution is -0.129. The average Bonchev–Trinajstić information content (AvgIpc) is 3.29. The van der Waals surface area contributed by atoms with Gasteiger partial charge in [0.1, 0.15) is 5.75 Å². The number of esters is 2. The molecule has 0 spiro atoms. The molecule has 0 amide bonds. The molecule has 0 N–H and O–H groups in total. The molecule has 5 rings (SSSR count). The van der Waals surface area contributed by atoms with E-state index in [2.05, 4.69) is 92.6 Å². The number of ether oxygens (including phenoxy) is 2. The topological polar surface area (TPSA) is 55.8 Å². The molecule has 188 valence electrons. The smallest absolute Gasteiger partial charge is 0.335 e. The third kappa shape index (κ3) is 4.94. The molecule has 0 bridgehead atoms. The first-order valence-electron chi connectivity index (χ1n) is 12.0. The standard InChI is InChI=1S/C32H25NO4S/c1-5-30(34)36-25-18-27-26-16-15-24(17-29(26)38-32(27)28(19-25)37-31(35)6-2)33(22-11-7-20(3)8-12-22)23-13-9-21(4)10-14-23/h5-19H,1-2H2,3-4H3. The third-order valence-corrected chi connectivity index (χ3v) is 7.28. The number of aryl methyl sites for hydroxylation is 2. The zero-order chi connectivity index (χ0) is 26.8. The summed E-state index contributed by atoms with van der Waals surface area (Å²) >= 11 is 1.50. The van der Waals surface area contributed by atoms with E-state index < -0.39 is 11.9 Å². The molecule has 6 heteroatoms. The number of hydrogen-bond acceptors (Lipinski definition) is 6. The van der Waals surface area contributed by atoms with E-state index in [0.29, 0.717) is 5.75 Å². The maximum atomic E-state index is 12.1. The number of rotatable bonds is 7. The quantitative estimate of drug-likeness (QED) is 0.123. The lowest BCUT2D eigenvalue weighted by atomic mass is 10.1. The van der Waals surface area contributed by atoms with E-state index in [4.69, 9.17) is 9.47 Å². The van der Waals surface area contributed by atoms with E-state index in [1.807, 2.05) is 6.07 Å². The van der Waals surface area contributed by atoms with Gasteiger partial charge in [0.05, 0.1) is 4.70 Å². The van der Waals surface area contributed by atoms with Gasteiger partial charge in [0.15, 0.2) is 5.75 Å². The Morgan fingerprint density at radius 3 is 1.84 bits per heavy atom. The molecule has 0 saturated heterocycles. The summed E-state index contributed by atoms with van der Waals surface area (Å²) in [5.74, 6) is -0.629. The first-order valence-corrected chi connectivity index (χ1v) is 12.8. The zero-order valence-electron chi connectivity index (χ0n) is 21.1. The van der Waals surface area contributed by atoms with Crippen molar-refractivity contribution in [1.29, 1.82) is 0 Å². The van der Waals surface area contributed by atoms with Crippen molar-refractivity contribution in [1.82, 2.24) is 0 Å². The fourth-order valence-corrected chi connectivity index (χ4v) is 5.39. The normalized spacial score (nSPS) is 10.8. The van der Waals surface area contributed by atoms with E-state index in [9.17, 15) is 9.59 Å². The van der Waals surface area contributed by atoms with Crippen LogP contribution in [0.4, 0.5) is 17.1 Å². The number of carbonyl (C=O) groups excluding carboxylic acids is 2. The number of benzene rings is 4. The maximum Gasteiger partial charge on any atom is 0.335 e. The lowest BCUT2D eigenvalue weighted by Crippen LogP contribution is -2.09. The molecule has 5 nitrogen and oxygen atoms in total. The highest BCUT2D eigenvalue weighted by atomic mass is 32.1. The van der Waals surface area contributed by atoms with Crippen LogP contribution in [0.15, 0.2) is 104 Å². The minimum absolute atomic E-state index is 0.263. The van der Waals surface area contributed by atoms with Gasteiger partial charge in [-0.25, -0.2) is 9.59 Å². The Morgan fingerprint density at radius 1 is 0.711 bits per heavy atom. The second kappa shape index (κ2) is 10.4. The summed E-state index contributed by atoms with van der Waals surface area (Å²) in [6, 6.07) is 26.4. The highest BCUT2D eigenvalue weighted by Crippen LogP contribution is 2.45. The summed E-state index contributed by atoms with van der Waals surface area (Å²) in [6.45, 7) is 11.1. The van der Waals surface area contributed by atoms with Gasteiger partial charge in [-0.05, 0) is 56.3 Å². The average molecular weight is 520 g/mol. The van der Waals surface area contributed by atoms with Crippen molar-refractivity contribution in [2.75, 3.05) is 4.90 Å². The van der Waals surface area contributed by atoms with Crippen molar-refractivity contribution >= 4 is 60.5 Å². The van der Waals surface area contributed by atoms with Crippen LogP contribution in [-0.2, 0) is 9.59 Å². The van der Waals surface area contributed by atoms with Gasteiger partial charge in [0.2, 0.25) is 0 Å². The number of nitrogens with zero attached hydrogens (tertiary/aromatic N) is 1. The molecule has 1 heterocycles. The van der Waals surface area contributed by atoms with Gasteiger partial charge >= 0.3 is 11.9 Å². The van der Waals surface area contributed by atoms with Crippen LogP contribution in [0.25, 0.3) is 20.2 Å². The summed E-state index contributed by atoms with van der Waals surface area (Å²) < 4.78 is 12.6. The van der Waals surface area contributed by atoms with E-state index in [1.54, 1.807) is 6.07 Å². The predicted molar refractivity (Wildman–Crippen MR) is 155 cm³/mol. The van der Waals surface area contributed by atoms with Gasteiger partial charge in [0.25, 0.3) is 0 Å². The molecular weight excluding hydrogens is 494 g/mol. The summed E-state index contributed by atoms with van der Waals surface area (Å²) in [5, 5.41) is 1.77. The Bertz CT molecular complexity index is 1650. The number of anilines is 3. The van der Waals surface area contributed by atoms with Gasteiger partial charge in [-0.2, -0.15) is 0 Å². The molecule has 4 aromatic carbocycles. The second-order valence-electron chi connectivity index (χ2n) is 8.84. The number of thiophene rings is 1. The van der Waals surface area contributed by atoms with Crippen LogP contribution in [0.3, 0.4) is 0 Å². The van der Waals surface area contributed by atoms with E-state index in [0.717, 1.165) is 49.4 Å². The second-order valence-corrected chi connectivity index (χ2v) is 9.89. The van der Waals surface area contributed by atoms with Crippen LogP contribution in [-0.4, -0.2) is 11.9 Å². The van der Waals surface area contributed by atoms with Crippen molar-refractivity contribution < 1.29 is 19.1 Å². The van der Waals surface area contributed by atoms with Gasteiger partial charge in [-0.1, -0.05) is 54.6 Å². The minimum Gasteiger partial charge on any atom is -0.423 e. The lowest BCUT2D eigenvalue weighted by Gasteiger charge is -2.25. The molecule has 5 aromatic rings. The molecule has 0 radical (unpaired) electrons. The van der Waals surface area contributed by atoms with Gasteiger partial charge in [0, 0.05) is 50.8 Å². The summed E-state index contributed by atoms with van der Waals surface area (Å²) in [4.78, 5) is 26.1. The van der Waals surface area contributed by atoms with Crippen molar-refractivity contribution in [3.8, 4) is 11.5 Å². The molecule has 0 aliphatic carbocycles. The summed E-state index contributed by atoms with van der Waals surface area (Å²) in [6.07, 6.45) is 2.18. The van der Waals surface area contributed by atoms with Gasteiger partial charge in [-0.3, -0.25) is 0 Å². The SMILES string of the molecule is C=CC(=O)Oc1cc(OC(=O)C=C)c2sc3cc(N(c4ccc(C)cc4)c4ccc(C)cc4)ccc3c2c1. The zero-order valence-corrected chi connectivity index (χ0v) is 21.9. The molecule has 0 fully saturated rings. The van der Waals surface area contributed by atoms with Crippen molar-refractivity contribution in [2.24, 2.45) is 0 Å². The summed E-state index contributed by atoms with van der Waals surface area (Å²) in [5.41, 5.74) is 5.44. The largest absolute Gasteiger partial charge is 0.423 e. The molecular formula is C32H25NO4S. The van der Waals surface area contributed by atoms with Crippen LogP contribution >= 0.6 is 11.3 Å². The molecule has 0 aliphatic heterocycles. The fraction of sp³-hybridized carbons (Fsp3) is 0.0625. The molecule has 1 aromatic heterocycles. The Labute approximate surface area is 224 Å². The maximum absolute atomic E-state index is 12.1. The Morgan fingerprint density at radius 2 is 1.26 bits per heavy atom. The number of fused-ring (bicyclic) bond motifs is 3. The van der Waals surface area contributed by atoms with Crippen LogP contribution in [0.1, 0.15) is 11.1 Å². The van der Waals surface area contributed by atoms with Crippen molar-refractivity contribution in [3.05, 3.63) is 115 Å². The molecule has 0 atom stereocenters. The monoisotopic (exact) mass is 519 g/mol. The first kappa shape index (κ1) is 25.0. The number of carbonyl (C=O) groups is 2. The highest BCUT2D eigenvalue weighted by molar-refractivity contribution is 7.26. The van der Waals surface area contributed by atoms with Crippen LogP contribution < -0.4 is 14.4 Å². The van der Waals surface area contributed by atoms with E-state index >= 15 is 0 Å². The minimum atomic E-state index is -0.598. The third-order valence-electron chi connectivity index (χ3n) is 6.10. The van der Waals surface area contributed by atoms with Crippen LogP contribution in [0, 0.1) is 13.8 Å². The van der Waals surface area contributed by atoms with E-state index in [1.165, 1.54) is 28.5 Å². The molecule has 38 heavy (non-hydrogen) atoms. The first-order chi connectivity index (χ1) is 18.4. The van der Waals surface area contributed by atoms with Gasteiger partial charge < -0.3 is 14.4 Å². The Balaban J connectivity index is 1.69. The van der Waals surface area contributed by atoms with Crippen molar-refractivity contribution in [3.63, 3.8) is 0 Å². The predicted octanol–water partition coefficient (Wildman–Crippen LogP) is 8.32. The van der Waals surface area contributed by atoms with E-state index in [-0.39, 0.29) is 5.75 Å². The molecule has 0 unspecified atom stereocenters. The summed E-state index contributed by atoms with van der Waals surface area (Å²) in [7, 11) is 0. The van der Waals surface area contributed by atoms with Crippen molar-refractivity contribution in [2.45, 2.75) is 13.8 Å². The van der Waals surface area contributed by atoms with Crippen LogP contribution in [0.2, 0.25) is 0 Å². The van der Waals surface area contributed by atoms with Crippen LogP contribution in [0.5, 0.6) is 11.5 Å². The molecule has 0 aliphatic rings. The highest BCUT2D eigenvalue weighted by Gasteiger charge is 2.18. The van der Waals surface area contributed by atoms with Gasteiger partial charge in [-0.15, -0.1) is 11.3 Å². The molecule has 0 saturated carbocycles. The fourth-order valence-electron chi connectivity index (χ4n) is 4.23. The Kier molecular flexibility index (Phi) is 6.81. The Hall–Kier alpha value is -4.68.